The highest BCUT2D eigenvalue weighted by atomic mass is 16.3. The molecule has 1 fully saturated rings. The fourth-order valence-electron chi connectivity index (χ4n) is 2.69. The van der Waals surface area contributed by atoms with Crippen LogP contribution in [0.2, 0.25) is 0 Å². The minimum atomic E-state index is -0.505. The van der Waals surface area contributed by atoms with Crippen molar-refractivity contribution < 1.29 is 5.11 Å². The van der Waals surface area contributed by atoms with E-state index in [1.807, 2.05) is 13.0 Å². The fraction of sp³-hybridized carbons (Fsp3) is 0.600. The molecule has 1 aliphatic carbocycles. The summed E-state index contributed by atoms with van der Waals surface area (Å²) in [7, 11) is 0. The fourth-order valence-corrected chi connectivity index (χ4v) is 2.69. The van der Waals surface area contributed by atoms with Gasteiger partial charge in [-0.2, -0.15) is 0 Å². The second-order valence-corrected chi connectivity index (χ2v) is 5.39. The van der Waals surface area contributed by atoms with Gasteiger partial charge in [-0.1, -0.05) is 50.6 Å². The first-order chi connectivity index (χ1) is 7.57. The lowest BCUT2D eigenvalue weighted by atomic mass is 9.83. The molecule has 1 saturated carbocycles. The van der Waals surface area contributed by atoms with E-state index in [-0.39, 0.29) is 0 Å². The van der Waals surface area contributed by atoms with Crippen molar-refractivity contribution in [2.75, 3.05) is 0 Å². The van der Waals surface area contributed by atoms with Gasteiger partial charge in [0, 0.05) is 0 Å². The molecule has 1 aromatic carbocycles. The van der Waals surface area contributed by atoms with E-state index in [1.165, 1.54) is 5.56 Å². The molecule has 0 heterocycles. The third-order valence-corrected chi connectivity index (χ3v) is 4.38. The van der Waals surface area contributed by atoms with Gasteiger partial charge < -0.3 is 5.11 Å². The van der Waals surface area contributed by atoms with E-state index in [1.54, 1.807) is 0 Å². The van der Waals surface area contributed by atoms with Crippen LogP contribution < -0.4 is 0 Å². The predicted molar refractivity (Wildman–Crippen MR) is 67.4 cm³/mol. The molecular weight excluding hydrogens is 196 g/mol. The Hall–Kier alpha value is -0.820. The molecule has 0 spiro atoms. The molecule has 1 N–H and O–H groups in total. The smallest absolute Gasteiger partial charge is 0.0679 e. The molecule has 0 aliphatic heterocycles. The van der Waals surface area contributed by atoms with Crippen molar-refractivity contribution in [3.8, 4) is 0 Å². The zero-order valence-electron chi connectivity index (χ0n) is 10.5. The van der Waals surface area contributed by atoms with Crippen LogP contribution in [0.5, 0.6) is 0 Å². The number of hydrogen-bond donors (Lipinski definition) is 1. The second-order valence-electron chi connectivity index (χ2n) is 5.39. The predicted octanol–water partition coefficient (Wildman–Crippen LogP) is 3.59. The molecule has 1 aliphatic rings. The highest BCUT2D eigenvalue weighted by Gasteiger charge is 2.51. The highest BCUT2D eigenvalue weighted by Crippen LogP contribution is 2.55. The molecule has 0 amide bonds. The van der Waals surface area contributed by atoms with Crippen LogP contribution in [-0.2, 0) is 0 Å². The Labute approximate surface area is 98.5 Å². The minimum Gasteiger partial charge on any atom is -0.390 e. The Kier molecular flexibility index (Phi) is 3.07. The third kappa shape index (κ3) is 2.01. The molecule has 4 unspecified atom stereocenters. The maximum absolute atomic E-state index is 10.6. The van der Waals surface area contributed by atoms with Gasteiger partial charge in [-0.15, -0.1) is 0 Å². The van der Waals surface area contributed by atoms with Gasteiger partial charge in [0.2, 0.25) is 0 Å². The van der Waals surface area contributed by atoms with Gasteiger partial charge in [0.15, 0.2) is 0 Å². The van der Waals surface area contributed by atoms with E-state index in [0.717, 1.165) is 12.8 Å². The van der Waals surface area contributed by atoms with Crippen LogP contribution in [0.25, 0.3) is 0 Å². The summed E-state index contributed by atoms with van der Waals surface area (Å²) < 4.78 is 0. The normalized spacial score (nSPS) is 29.5. The van der Waals surface area contributed by atoms with E-state index >= 15 is 0 Å². The average Bonchev–Trinajstić information content (AvgIpc) is 3.09. The van der Waals surface area contributed by atoms with Crippen LogP contribution in [0, 0.1) is 11.8 Å². The minimum absolute atomic E-state index is 0.381. The molecule has 1 heteroatoms. The summed E-state index contributed by atoms with van der Waals surface area (Å²) in [5.41, 5.74) is 0.881. The molecular formula is C15H22O. The highest BCUT2D eigenvalue weighted by molar-refractivity contribution is 5.27. The molecule has 1 nitrogen and oxygen atoms in total. The van der Waals surface area contributed by atoms with Crippen LogP contribution >= 0.6 is 0 Å². The Bertz CT molecular complexity index is 342. The standard InChI is InChI=1S/C15H22O/c1-4-11(2)15(3,16)14-10-13(14)12-8-6-5-7-9-12/h5-9,11,13-14,16H,4,10H2,1-3H3. The number of rotatable bonds is 4. The first-order valence-electron chi connectivity index (χ1n) is 6.34. The number of hydrogen-bond acceptors (Lipinski definition) is 1. The molecule has 88 valence electrons. The van der Waals surface area contributed by atoms with Gasteiger partial charge in [0.1, 0.15) is 0 Å². The van der Waals surface area contributed by atoms with Crippen LogP contribution in [-0.4, -0.2) is 10.7 Å². The molecule has 1 aromatic rings. The largest absolute Gasteiger partial charge is 0.390 e. The van der Waals surface area contributed by atoms with Crippen LogP contribution in [0.4, 0.5) is 0 Å². The zero-order chi connectivity index (χ0) is 11.8. The van der Waals surface area contributed by atoms with E-state index < -0.39 is 5.60 Å². The van der Waals surface area contributed by atoms with Crippen molar-refractivity contribution in [1.29, 1.82) is 0 Å². The number of benzene rings is 1. The summed E-state index contributed by atoms with van der Waals surface area (Å²) in [5, 5.41) is 10.6. The summed E-state index contributed by atoms with van der Waals surface area (Å²) in [6, 6.07) is 10.6. The topological polar surface area (TPSA) is 20.2 Å². The molecule has 0 radical (unpaired) electrons. The van der Waals surface area contributed by atoms with Gasteiger partial charge in [-0.25, -0.2) is 0 Å². The van der Waals surface area contributed by atoms with E-state index in [0.29, 0.717) is 17.8 Å². The maximum atomic E-state index is 10.6. The van der Waals surface area contributed by atoms with Crippen LogP contribution in [0.3, 0.4) is 0 Å². The van der Waals surface area contributed by atoms with Crippen molar-refractivity contribution in [3.05, 3.63) is 35.9 Å². The van der Waals surface area contributed by atoms with Gasteiger partial charge in [0.25, 0.3) is 0 Å². The Morgan fingerprint density at radius 2 is 2.00 bits per heavy atom. The molecule has 16 heavy (non-hydrogen) atoms. The van der Waals surface area contributed by atoms with Gasteiger partial charge in [-0.05, 0) is 36.7 Å². The third-order valence-electron chi connectivity index (χ3n) is 4.38. The molecule has 0 saturated heterocycles. The van der Waals surface area contributed by atoms with E-state index in [4.69, 9.17) is 0 Å². The Morgan fingerprint density at radius 3 is 2.56 bits per heavy atom. The van der Waals surface area contributed by atoms with Gasteiger partial charge >= 0.3 is 0 Å². The summed E-state index contributed by atoms with van der Waals surface area (Å²) in [6.07, 6.45) is 2.19. The molecule has 0 aromatic heterocycles. The van der Waals surface area contributed by atoms with Gasteiger partial charge in [-0.3, -0.25) is 0 Å². The van der Waals surface area contributed by atoms with Crippen molar-refractivity contribution in [1.82, 2.24) is 0 Å². The van der Waals surface area contributed by atoms with E-state index in [9.17, 15) is 5.11 Å². The molecule has 4 atom stereocenters. The van der Waals surface area contributed by atoms with Crippen molar-refractivity contribution >= 4 is 0 Å². The molecule has 0 bridgehead atoms. The SMILES string of the molecule is CCC(C)C(C)(O)C1CC1c1ccccc1. The first-order valence-corrected chi connectivity index (χ1v) is 6.34. The number of aliphatic hydroxyl groups is 1. The Morgan fingerprint density at radius 1 is 1.38 bits per heavy atom. The maximum Gasteiger partial charge on any atom is 0.0679 e. The van der Waals surface area contributed by atoms with Gasteiger partial charge in [0.05, 0.1) is 5.60 Å². The van der Waals surface area contributed by atoms with Crippen molar-refractivity contribution in [2.24, 2.45) is 11.8 Å². The first kappa shape index (κ1) is 11.7. The zero-order valence-corrected chi connectivity index (χ0v) is 10.5. The van der Waals surface area contributed by atoms with Crippen molar-refractivity contribution in [3.63, 3.8) is 0 Å². The van der Waals surface area contributed by atoms with Crippen LogP contribution in [0.1, 0.15) is 45.1 Å². The van der Waals surface area contributed by atoms with E-state index in [2.05, 4.69) is 38.1 Å². The summed E-state index contributed by atoms with van der Waals surface area (Å²) in [6.45, 7) is 6.31. The lowest BCUT2D eigenvalue weighted by Crippen LogP contribution is -2.35. The quantitative estimate of drug-likeness (QED) is 0.819. The lowest BCUT2D eigenvalue weighted by Gasteiger charge is -2.30. The summed E-state index contributed by atoms with van der Waals surface area (Å²) in [4.78, 5) is 0. The van der Waals surface area contributed by atoms with Crippen molar-refractivity contribution in [2.45, 2.75) is 45.1 Å². The average molecular weight is 218 g/mol. The lowest BCUT2D eigenvalue weighted by molar-refractivity contribution is -0.0181. The monoisotopic (exact) mass is 218 g/mol. The summed E-state index contributed by atoms with van der Waals surface area (Å²) in [5.74, 6) is 1.40. The summed E-state index contributed by atoms with van der Waals surface area (Å²) >= 11 is 0. The second kappa shape index (κ2) is 4.21. The Balaban J connectivity index is 2.07. The van der Waals surface area contributed by atoms with Crippen LogP contribution in [0.15, 0.2) is 30.3 Å². The molecule has 2 rings (SSSR count).